The van der Waals surface area contributed by atoms with Crippen molar-refractivity contribution in [2.75, 3.05) is 38.2 Å². The van der Waals surface area contributed by atoms with Crippen LogP contribution in [0.15, 0.2) is 59.6 Å². The second kappa shape index (κ2) is 55.7. The van der Waals surface area contributed by atoms with Crippen LogP contribution in [0.4, 0.5) is 0 Å². The molecule has 13 atom stereocenters. The van der Waals surface area contributed by atoms with Crippen LogP contribution in [0.25, 0.3) is 0 Å². The summed E-state index contributed by atoms with van der Waals surface area (Å²) in [6.07, 6.45) is -0.206. The Morgan fingerprint density at radius 2 is 0.726 bits per heavy atom. The molecule has 0 aliphatic carbocycles. The monoisotopic (exact) mass is 1670 g/mol. The summed E-state index contributed by atoms with van der Waals surface area (Å²) < 4.78 is 0. The first-order valence-electron chi connectivity index (χ1n) is 39.1. The number of nitrogens with two attached hydrogens (primary N) is 7. The van der Waals surface area contributed by atoms with E-state index in [1.54, 1.807) is 64.3 Å². The minimum Gasteiger partial charge on any atom is -0.508 e. The highest BCUT2D eigenvalue weighted by Gasteiger charge is 2.38. The molecule has 0 heterocycles. The van der Waals surface area contributed by atoms with Gasteiger partial charge in [0, 0.05) is 32.2 Å². The zero-order chi connectivity index (χ0) is 87.9. The van der Waals surface area contributed by atoms with Gasteiger partial charge in [-0.2, -0.15) is 11.8 Å². The van der Waals surface area contributed by atoms with Gasteiger partial charge in [0.05, 0.1) is 12.5 Å². The summed E-state index contributed by atoms with van der Waals surface area (Å²) in [6.45, 7) is 8.49. The normalized spacial score (nSPS) is 14.5. The summed E-state index contributed by atoms with van der Waals surface area (Å²) >= 11 is 1.37. The minimum atomic E-state index is -1.84. The number of amides is 13. The third kappa shape index (κ3) is 42.1. The van der Waals surface area contributed by atoms with Crippen LogP contribution in [0.1, 0.15) is 168 Å². The molecule has 0 aliphatic heterocycles. The Bertz CT molecular complexity index is 3600. The second-order valence-electron chi connectivity index (χ2n) is 29.3. The Hall–Kier alpha value is -10.8. The van der Waals surface area contributed by atoms with E-state index in [1.807, 2.05) is 0 Å². The first-order valence-corrected chi connectivity index (χ1v) is 40.5. The predicted octanol–water partition coefficient (Wildman–Crippen LogP) is -3.68. The molecule has 0 aromatic heterocycles. The number of phenolic OH excluding ortho intramolecular Hbond substituents is 1. The number of rotatable bonds is 60. The zero-order valence-corrected chi connectivity index (χ0v) is 68.3. The zero-order valence-electron chi connectivity index (χ0n) is 67.5. The molecular weight excluding hydrogens is 1550 g/mol. The molecule has 2 aromatic carbocycles. The maximum atomic E-state index is 14.7. The van der Waals surface area contributed by atoms with Gasteiger partial charge in [0.25, 0.3) is 0 Å². The Labute approximate surface area is 685 Å². The number of aliphatic carboxylic acids is 3. The van der Waals surface area contributed by atoms with Crippen molar-refractivity contribution in [2.24, 2.45) is 57.0 Å². The van der Waals surface area contributed by atoms with Crippen molar-refractivity contribution in [1.82, 2.24) is 63.8 Å². The van der Waals surface area contributed by atoms with Gasteiger partial charge in [0.15, 0.2) is 5.96 Å². The number of carboxylic acids is 3. The lowest BCUT2D eigenvalue weighted by atomic mass is 9.99. The van der Waals surface area contributed by atoms with Crippen molar-refractivity contribution >= 4 is 112 Å². The number of aliphatic imine (C=N–C) groups is 1. The number of carboxylic acid groups (broad SMARTS) is 3. The van der Waals surface area contributed by atoms with Crippen molar-refractivity contribution in [2.45, 2.75) is 248 Å². The lowest BCUT2D eigenvalue weighted by Crippen LogP contribution is -2.61. The highest BCUT2D eigenvalue weighted by Crippen LogP contribution is 2.17. The Morgan fingerprint density at radius 1 is 0.385 bits per heavy atom. The molecule has 40 nitrogen and oxygen atoms in total. The number of carbonyl (C=O) groups is 16. The standard InChI is InChI=1S/C76H124N20O20S/c1-42(2)37-55(92-63(103)44(5)85-65(105)49(19-10-13-32-77)86-69(109)53(28-30-62(101)102)90-70(110)56(38-43(3)4)94-73(113)57(40-46-23-25-47(97)26-24-46)93-64(104)48(80)27-29-61(99)100)71(111)96-59(41-60(81)98)74(114)89-50(20-11-14-33-78)66(106)87-52(22-16-35-84-76(82)83)68(108)95-58(39-45-17-8-7-9-18-45)72(112)88-51(21-12-15-34-79)67(107)91-54(75(115)116)31-36-117-6/h7-9,17-18,23-26,42-44,48-59,97H,10-16,19-22,27-41,77-80H2,1-6H3,(H2,81,98)(H,85,105)(H,86,109)(H,87,106)(H,88,112)(H,89,114)(H,90,110)(H,91,107)(H,92,103)(H,93,104)(H,94,113)(H,95,108)(H,96,111)(H,99,100)(H,101,102)(H,115,116)(H4,82,83,84)/t44-,48-,49-,50-,51-,52-,53-,54-,55-,56-,57-,58-,59-/m0/s1. The van der Waals surface area contributed by atoms with E-state index in [0.29, 0.717) is 42.6 Å². The number of guanidine groups is 1. The molecule has 0 radical (unpaired) electrons. The Morgan fingerprint density at radius 3 is 1.13 bits per heavy atom. The van der Waals surface area contributed by atoms with Crippen molar-refractivity contribution in [1.29, 1.82) is 0 Å². The number of hydrogen-bond donors (Lipinski definition) is 23. The number of aromatic hydroxyl groups is 1. The van der Waals surface area contributed by atoms with E-state index in [4.69, 9.17) is 40.1 Å². The average molecular weight is 1670 g/mol. The number of primary amides is 1. The first kappa shape index (κ1) is 102. The van der Waals surface area contributed by atoms with Crippen molar-refractivity contribution in [3.05, 3.63) is 65.7 Å². The number of nitrogens with one attached hydrogen (secondary N) is 12. The predicted molar refractivity (Wildman–Crippen MR) is 434 cm³/mol. The molecule has 654 valence electrons. The molecule has 2 rings (SSSR count). The molecule has 13 amide bonds. The molecule has 41 heteroatoms. The fourth-order valence-corrected chi connectivity index (χ4v) is 12.3. The quantitative estimate of drug-likeness (QED) is 0.0172. The van der Waals surface area contributed by atoms with Crippen LogP contribution in [0.3, 0.4) is 0 Å². The number of nitrogens with zero attached hydrogens (tertiary/aromatic N) is 1. The van der Waals surface area contributed by atoms with Gasteiger partial charge in [-0.15, -0.1) is 0 Å². The van der Waals surface area contributed by atoms with Crippen LogP contribution < -0.4 is 104 Å². The van der Waals surface area contributed by atoms with E-state index in [0.717, 1.165) is 0 Å². The van der Waals surface area contributed by atoms with Crippen LogP contribution in [0.2, 0.25) is 0 Å². The number of thioether (sulfide) groups is 1. The topological polar surface area (TPSA) is 693 Å². The SMILES string of the molecule is CSCC[C@H](NC(=O)[C@H](CCCCN)NC(=O)[C@H](Cc1ccccc1)NC(=O)[C@H](CCCN=C(N)N)NC(=O)[C@H](CCCCN)NC(=O)[C@H](CC(N)=O)NC(=O)[C@H](CC(C)C)NC(=O)[C@H](C)NC(=O)[C@H](CCCCN)NC(=O)[C@H](CCC(=O)O)NC(=O)[C@H](CC(C)C)NC(=O)[C@H](Cc1ccc(O)cc1)NC(=O)[C@@H](N)CCC(=O)O)C(=O)O. The smallest absolute Gasteiger partial charge is 0.326 e. The molecule has 0 unspecified atom stereocenters. The van der Waals surface area contributed by atoms with Gasteiger partial charge in [-0.1, -0.05) is 70.2 Å². The molecule has 30 N–H and O–H groups in total. The number of carbonyl (C=O) groups excluding carboxylic acids is 13. The van der Waals surface area contributed by atoms with Gasteiger partial charge < -0.3 is 124 Å². The van der Waals surface area contributed by atoms with Gasteiger partial charge in [-0.3, -0.25) is 76.9 Å². The summed E-state index contributed by atoms with van der Waals surface area (Å²) in [5, 5.41) is 69.5. The van der Waals surface area contributed by atoms with Crippen molar-refractivity contribution < 1.29 is 97.1 Å². The van der Waals surface area contributed by atoms with Crippen LogP contribution in [0, 0.1) is 11.8 Å². The third-order valence-corrected chi connectivity index (χ3v) is 18.9. The molecular formula is C76H124N20O20S. The Kier molecular flexibility index (Phi) is 48.7. The lowest BCUT2D eigenvalue weighted by Gasteiger charge is -2.28. The number of unbranched alkanes of at least 4 members (excludes halogenated alkanes) is 3. The van der Waals surface area contributed by atoms with E-state index in [-0.39, 0.29) is 133 Å². The van der Waals surface area contributed by atoms with E-state index in [9.17, 15) is 97.1 Å². The highest BCUT2D eigenvalue weighted by molar-refractivity contribution is 7.98. The fraction of sp³-hybridized carbons (Fsp3) is 0.618. The molecule has 0 bridgehead atoms. The Balaban J connectivity index is 2.54. The summed E-state index contributed by atoms with van der Waals surface area (Å²) in [4.78, 5) is 224. The van der Waals surface area contributed by atoms with Crippen molar-refractivity contribution in [3.63, 3.8) is 0 Å². The molecule has 2 aromatic rings. The van der Waals surface area contributed by atoms with E-state index >= 15 is 0 Å². The van der Waals surface area contributed by atoms with Crippen molar-refractivity contribution in [3.8, 4) is 5.75 Å². The summed E-state index contributed by atoms with van der Waals surface area (Å²) in [6, 6.07) is -5.40. The maximum absolute atomic E-state index is 14.7. The van der Waals surface area contributed by atoms with Gasteiger partial charge >= 0.3 is 17.9 Å². The summed E-state index contributed by atoms with van der Waals surface area (Å²) in [5.41, 5.74) is 41.2. The summed E-state index contributed by atoms with van der Waals surface area (Å²) in [5.74, 6) is -17.3. The van der Waals surface area contributed by atoms with Crippen LogP contribution in [-0.4, -0.2) is 238 Å². The van der Waals surface area contributed by atoms with Gasteiger partial charge in [0.2, 0.25) is 76.8 Å². The average Bonchev–Trinajstić information content (AvgIpc) is 0.888. The number of phenols is 1. The van der Waals surface area contributed by atoms with E-state index in [1.165, 1.54) is 43.0 Å². The minimum absolute atomic E-state index is 0.0346. The lowest BCUT2D eigenvalue weighted by molar-refractivity contribution is -0.142. The maximum Gasteiger partial charge on any atom is 0.326 e. The number of hydrogen-bond acceptors (Lipinski definition) is 23. The molecule has 0 spiro atoms. The van der Waals surface area contributed by atoms with Crippen LogP contribution >= 0.6 is 11.8 Å². The van der Waals surface area contributed by atoms with Crippen LogP contribution in [-0.2, 0) is 89.6 Å². The summed E-state index contributed by atoms with van der Waals surface area (Å²) in [7, 11) is 0. The van der Waals surface area contributed by atoms with E-state index in [2.05, 4.69) is 68.8 Å². The first-order chi connectivity index (χ1) is 55.3. The van der Waals surface area contributed by atoms with E-state index < -0.39 is 199 Å². The fourth-order valence-electron chi connectivity index (χ4n) is 11.9. The molecule has 0 saturated heterocycles. The van der Waals surface area contributed by atoms with Crippen LogP contribution in [0.5, 0.6) is 5.75 Å². The molecule has 0 fully saturated rings. The molecule has 0 saturated carbocycles. The van der Waals surface area contributed by atoms with Gasteiger partial charge in [0.1, 0.15) is 78.3 Å². The highest BCUT2D eigenvalue weighted by atomic mass is 32.2. The second-order valence-corrected chi connectivity index (χ2v) is 30.3. The molecule has 117 heavy (non-hydrogen) atoms. The number of benzene rings is 2. The molecule has 0 aliphatic rings. The van der Waals surface area contributed by atoms with Gasteiger partial charge in [-0.05, 0) is 176 Å². The third-order valence-electron chi connectivity index (χ3n) is 18.2. The largest absolute Gasteiger partial charge is 0.508 e. The van der Waals surface area contributed by atoms with Gasteiger partial charge in [-0.25, -0.2) is 4.79 Å².